The molecule has 0 aliphatic heterocycles. The minimum Gasteiger partial charge on any atom is -0.372 e. The number of nitrogens with two attached hydrogens (primary N) is 2. The molecule has 0 saturated carbocycles. The second kappa shape index (κ2) is 6.48. The Morgan fingerprint density at radius 2 is 2.22 bits per heavy atom. The van der Waals surface area contributed by atoms with Crippen molar-refractivity contribution < 1.29 is 29.1 Å². The molecule has 0 aliphatic carbocycles. The predicted octanol–water partition coefficient (Wildman–Crippen LogP) is -1.34. The molecule has 0 aromatic rings. The molecule has 1 atom stereocenters. The molecule has 0 saturated heterocycles. The third kappa shape index (κ3) is 4.84. The first kappa shape index (κ1) is 12.1. The van der Waals surface area contributed by atoms with Gasteiger partial charge in [-0.05, 0) is 0 Å². The van der Waals surface area contributed by atoms with Crippen molar-refractivity contribution in [2.45, 2.75) is 6.04 Å². The normalized spacial score (nSPS) is 11.4. The molecule has 0 fully saturated rings. The number of hydrogen-bond donors (Lipinski definition) is 3. The van der Waals surface area contributed by atoms with Crippen molar-refractivity contribution in [1.29, 1.82) is 0 Å². The summed E-state index contributed by atoms with van der Waals surface area (Å²) in [6.07, 6.45) is 0. The van der Waals surface area contributed by atoms with Crippen LogP contribution in [0.4, 0.5) is 0 Å². The first-order valence-electron chi connectivity index (χ1n) is 1.99. The van der Waals surface area contributed by atoms with Gasteiger partial charge in [0.1, 0.15) is 6.04 Å². The van der Waals surface area contributed by atoms with Crippen LogP contribution in [0.5, 0.6) is 0 Å². The summed E-state index contributed by atoms with van der Waals surface area (Å²) in [6.45, 7) is 0. The Labute approximate surface area is 71.4 Å². The van der Waals surface area contributed by atoms with Gasteiger partial charge in [-0.3, -0.25) is 0 Å². The Morgan fingerprint density at radius 1 is 1.78 bits per heavy atom. The molecule has 0 spiro atoms. The summed E-state index contributed by atoms with van der Waals surface area (Å²) in [5.74, 6) is 4.09. The van der Waals surface area contributed by atoms with E-state index in [0.29, 0.717) is 0 Å². The van der Waals surface area contributed by atoms with Crippen LogP contribution in [0.3, 0.4) is 0 Å². The van der Waals surface area contributed by atoms with Gasteiger partial charge in [0.05, 0.1) is 0 Å². The molecule has 9 heavy (non-hydrogen) atoms. The van der Waals surface area contributed by atoms with Gasteiger partial charge in [-0.15, -0.1) is 0 Å². The zero-order valence-corrected chi connectivity index (χ0v) is 8.77. The molecule has 0 amide bonds. The Kier molecular flexibility index (Phi) is 8.70. The van der Waals surface area contributed by atoms with E-state index in [9.17, 15) is 4.79 Å². The van der Waals surface area contributed by atoms with Crippen LogP contribution in [-0.2, 0) is 29.1 Å². The van der Waals surface area contributed by atoms with Gasteiger partial charge >= 0.3 is 5.97 Å². The van der Waals surface area contributed by atoms with E-state index in [2.05, 4.69) is 23.4 Å². The molecule has 6 heteroatoms. The van der Waals surface area contributed by atoms with Crippen LogP contribution >= 0.6 is 12.6 Å². The number of hydrogen-bond acceptors (Lipinski definition) is 5. The third-order valence-electron chi connectivity index (χ3n) is 0.616. The molecule has 0 aliphatic rings. The van der Waals surface area contributed by atoms with E-state index in [4.69, 9.17) is 5.73 Å². The second-order valence-corrected chi connectivity index (χ2v) is 1.59. The average molecular weight is 202 g/mol. The van der Waals surface area contributed by atoms with E-state index in [-0.39, 0.29) is 25.2 Å². The molecule has 0 unspecified atom stereocenters. The maximum Gasteiger partial charge on any atom is 0.342 e. The van der Waals surface area contributed by atoms with Gasteiger partial charge in [-0.2, -0.15) is 18.5 Å². The average Bonchev–Trinajstić information content (AvgIpc) is 1.84. The quantitative estimate of drug-likeness (QED) is 0.294. The Bertz CT molecular complexity index is 91.9. The largest absolute Gasteiger partial charge is 0.372 e. The standard InChI is InChI=1S/C3H8N2O2S.Zn/c4-2(1-8)3(6)7-5;/h2,8H,1,4-5H2;/t2-;/m0./s1. The van der Waals surface area contributed by atoms with Crippen LogP contribution in [0.25, 0.3) is 0 Å². The van der Waals surface area contributed by atoms with Crippen molar-refractivity contribution in [3.63, 3.8) is 0 Å². The van der Waals surface area contributed by atoms with E-state index in [0.717, 1.165) is 0 Å². The number of rotatable bonds is 2. The van der Waals surface area contributed by atoms with Crippen molar-refractivity contribution in [2.24, 2.45) is 11.6 Å². The van der Waals surface area contributed by atoms with Crippen molar-refractivity contribution in [2.75, 3.05) is 5.75 Å². The molecule has 0 radical (unpaired) electrons. The molecule has 50 valence electrons. The van der Waals surface area contributed by atoms with Gasteiger partial charge in [-0.25, -0.2) is 4.79 Å². The van der Waals surface area contributed by atoms with Crippen molar-refractivity contribution in [1.82, 2.24) is 0 Å². The van der Waals surface area contributed by atoms with Gasteiger partial charge in [0, 0.05) is 25.2 Å². The van der Waals surface area contributed by atoms with Gasteiger partial charge in [0.2, 0.25) is 0 Å². The van der Waals surface area contributed by atoms with Crippen LogP contribution in [0.2, 0.25) is 0 Å². The van der Waals surface area contributed by atoms with Gasteiger partial charge in [0.25, 0.3) is 0 Å². The van der Waals surface area contributed by atoms with Crippen LogP contribution < -0.4 is 11.6 Å². The second-order valence-electron chi connectivity index (χ2n) is 1.23. The molecule has 0 heterocycles. The molecule has 0 aromatic carbocycles. The molecular weight excluding hydrogens is 194 g/mol. The van der Waals surface area contributed by atoms with E-state index < -0.39 is 12.0 Å². The van der Waals surface area contributed by atoms with Crippen molar-refractivity contribution in [3.8, 4) is 0 Å². The Hall–Kier alpha value is 0.363. The van der Waals surface area contributed by atoms with Crippen LogP contribution in [0.15, 0.2) is 0 Å². The summed E-state index contributed by atoms with van der Waals surface area (Å²) in [5, 5.41) is 0. The first-order chi connectivity index (χ1) is 3.72. The van der Waals surface area contributed by atoms with Crippen molar-refractivity contribution >= 4 is 18.6 Å². The fourth-order valence-electron chi connectivity index (χ4n) is 0.162. The van der Waals surface area contributed by atoms with E-state index in [1.165, 1.54) is 0 Å². The predicted molar refractivity (Wildman–Crippen MR) is 32.1 cm³/mol. The Morgan fingerprint density at radius 3 is 2.33 bits per heavy atom. The molecule has 4 N–H and O–H groups in total. The zero-order chi connectivity index (χ0) is 6.57. The van der Waals surface area contributed by atoms with E-state index in [1.54, 1.807) is 0 Å². The fourth-order valence-corrected chi connectivity index (χ4v) is 0.311. The SMILES string of the molecule is NOC(=O)[C@@H](N)CS.[Zn]. The number of carbonyl (C=O) groups is 1. The maximum atomic E-state index is 10.2. The minimum absolute atomic E-state index is 0. The van der Waals surface area contributed by atoms with Crippen LogP contribution in [0, 0.1) is 0 Å². The van der Waals surface area contributed by atoms with Gasteiger partial charge < -0.3 is 10.6 Å². The molecule has 4 nitrogen and oxygen atoms in total. The van der Waals surface area contributed by atoms with Crippen molar-refractivity contribution in [3.05, 3.63) is 0 Å². The number of thiol groups is 1. The molecule has 0 bridgehead atoms. The van der Waals surface area contributed by atoms with E-state index in [1.807, 2.05) is 0 Å². The van der Waals surface area contributed by atoms with Gasteiger partial charge in [-0.1, -0.05) is 0 Å². The molecular formula is C3H8N2O2SZn. The molecule has 0 rings (SSSR count). The summed E-state index contributed by atoms with van der Waals surface area (Å²) in [5.41, 5.74) is 5.10. The van der Waals surface area contributed by atoms with E-state index >= 15 is 0 Å². The first-order valence-corrected chi connectivity index (χ1v) is 2.62. The summed E-state index contributed by atoms with van der Waals surface area (Å²) in [6, 6.07) is -0.705. The van der Waals surface area contributed by atoms with Crippen LogP contribution in [-0.4, -0.2) is 17.8 Å². The zero-order valence-electron chi connectivity index (χ0n) is 4.91. The summed E-state index contributed by atoms with van der Waals surface area (Å²) in [7, 11) is 0. The Balaban J connectivity index is 0. The van der Waals surface area contributed by atoms with Crippen LogP contribution in [0.1, 0.15) is 0 Å². The summed E-state index contributed by atoms with van der Waals surface area (Å²) >= 11 is 3.73. The fraction of sp³-hybridized carbons (Fsp3) is 0.667. The van der Waals surface area contributed by atoms with Gasteiger partial charge in [0.15, 0.2) is 0 Å². The summed E-state index contributed by atoms with van der Waals surface area (Å²) in [4.78, 5) is 14.0. The maximum absolute atomic E-state index is 10.2. The monoisotopic (exact) mass is 200 g/mol. The third-order valence-corrected chi connectivity index (χ3v) is 1.01. The topological polar surface area (TPSA) is 78.3 Å². The molecule has 0 aromatic heterocycles. The summed E-state index contributed by atoms with van der Waals surface area (Å²) < 4.78 is 0. The minimum atomic E-state index is -0.705. The number of carbonyl (C=O) groups excluding carboxylic acids is 1. The smallest absolute Gasteiger partial charge is 0.342 e.